The van der Waals surface area contributed by atoms with Gasteiger partial charge in [-0.25, -0.2) is 0 Å². The monoisotopic (exact) mass is 608 g/mol. The van der Waals surface area contributed by atoms with Gasteiger partial charge in [-0.15, -0.1) is 49.6 Å². The molecule has 0 aliphatic carbocycles. The Morgan fingerprint density at radius 3 is 2.09 bits per heavy atom. The minimum Gasteiger partial charge on any atom is -0.493 e. The molecule has 0 atom stereocenters. The van der Waals surface area contributed by atoms with Crippen LogP contribution >= 0.6 is 72.8 Å². The van der Waals surface area contributed by atoms with Crippen molar-refractivity contribution in [1.29, 1.82) is 0 Å². The molecule has 0 aromatic heterocycles. The molecule has 11 heteroatoms. The van der Waals surface area contributed by atoms with Gasteiger partial charge in [-0.05, 0) is 73.8 Å². The predicted octanol–water partition coefficient (Wildman–Crippen LogP) is 6.19. The average molecular weight is 611 g/mol. The number of rotatable bonds is 9. The topological polar surface area (TPSA) is 42.0 Å². The smallest absolute Gasteiger partial charge is 0.227 e. The van der Waals surface area contributed by atoms with Crippen LogP contribution in [0.3, 0.4) is 0 Å². The summed E-state index contributed by atoms with van der Waals surface area (Å²) >= 11 is 12.5. The fraction of sp³-hybridized carbons (Fsp3) is 0.458. The number of benzene rings is 2. The Labute approximate surface area is 243 Å². The first kappa shape index (κ1) is 36.4. The summed E-state index contributed by atoms with van der Waals surface area (Å²) in [6, 6.07) is 9.54. The number of amides is 1. The van der Waals surface area contributed by atoms with Crippen molar-refractivity contribution < 1.29 is 14.3 Å². The van der Waals surface area contributed by atoms with Gasteiger partial charge in [0.2, 0.25) is 5.91 Å². The van der Waals surface area contributed by atoms with Gasteiger partial charge >= 0.3 is 0 Å². The normalized spacial score (nSPS) is 12.3. The molecular weight excluding hydrogens is 577 g/mol. The van der Waals surface area contributed by atoms with Crippen molar-refractivity contribution in [2.75, 3.05) is 47.4 Å². The Morgan fingerprint density at radius 2 is 1.51 bits per heavy atom. The molecule has 1 aliphatic heterocycles. The van der Waals surface area contributed by atoms with E-state index in [9.17, 15) is 4.79 Å². The Morgan fingerprint density at radius 1 is 0.943 bits per heavy atom. The summed E-state index contributed by atoms with van der Waals surface area (Å²) in [5.74, 6) is 1.54. The first-order valence-corrected chi connectivity index (χ1v) is 11.3. The summed E-state index contributed by atoms with van der Waals surface area (Å²) in [6.45, 7) is 3.24. The number of carbonyl (C=O) groups excluding carboxylic acids is 1. The lowest BCUT2D eigenvalue weighted by Crippen LogP contribution is -2.35. The summed E-state index contributed by atoms with van der Waals surface area (Å²) in [5.41, 5.74) is 3.17. The zero-order valence-corrected chi connectivity index (χ0v) is 24.8. The van der Waals surface area contributed by atoms with Crippen LogP contribution in [0, 0.1) is 0 Å². The molecule has 0 spiro atoms. The number of hydrogen-bond donors (Lipinski definition) is 0. The molecule has 1 amide bonds. The zero-order chi connectivity index (χ0) is 22.4. The van der Waals surface area contributed by atoms with E-state index in [1.54, 1.807) is 14.2 Å². The Balaban J connectivity index is 0. The van der Waals surface area contributed by atoms with E-state index < -0.39 is 0 Å². The lowest BCUT2D eigenvalue weighted by Gasteiger charge is -2.23. The highest BCUT2D eigenvalue weighted by atomic mass is 35.5. The van der Waals surface area contributed by atoms with Gasteiger partial charge in [0.1, 0.15) is 0 Å². The summed E-state index contributed by atoms with van der Waals surface area (Å²) in [4.78, 5) is 17.0. The minimum atomic E-state index is 0. The highest BCUT2D eigenvalue weighted by Gasteiger charge is 2.22. The fourth-order valence-electron chi connectivity index (χ4n) is 3.97. The quantitative estimate of drug-likeness (QED) is 0.340. The number of ether oxygens (including phenoxy) is 2. The summed E-state index contributed by atoms with van der Waals surface area (Å²) in [5, 5.41) is 1.42. The van der Waals surface area contributed by atoms with E-state index in [0.717, 1.165) is 62.1 Å². The van der Waals surface area contributed by atoms with E-state index in [-0.39, 0.29) is 55.5 Å². The first-order valence-electron chi connectivity index (χ1n) is 10.6. The Bertz CT molecular complexity index is 912. The molecule has 0 saturated carbocycles. The van der Waals surface area contributed by atoms with Crippen LogP contribution in [0.1, 0.15) is 23.1 Å². The molecule has 2 aromatic rings. The van der Waals surface area contributed by atoms with Crippen LogP contribution in [0.5, 0.6) is 11.5 Å². The van der Waals surface area contributed by atoms with Crippen molar-refractivity contribution in [3.63, 3.8) is 0 Å². The maximum absolute atomic E-state index is 12.8. The largest absolute Gasteiger partial charge is 0.493 e. The standard InChI is InChI=1S/C24H30Cl2N2O3.4ClH/c1-27(12-9-19-20(25)6-4-7-21(19)26)10-5-11-28-13-8-17-14-22(30-2)23(31-3)15-18(17)16-24(28)29;;;;/h4,6-7,14-15H,5,8-13,16H2,1-3H3;4*1H. The van der Waals surface area contributed by atoms with Crippen molar-refractivity contribution in [1.82, 2.24) is 9.80 Å². The molecule has 0 N–H and O–H groups in total. The molecule has 35 heavy (non-hydrogen) atoms. The van der Waals surface area contributed by atoms with Gasteiger partial charge in [-0.2, -0.15) is 0 Å². The molecule has 1 aliphatic rings. The van der Waals surface area contributed by atoms with Gasteiger partial charge in [-0.3, -0.25) is 4.79 Å². The molecule has 0 bridgehead atoms. The van der Waals surface area contributed by atoms with Gasteiger partial charge in [0, 0.05) is 29.7 Å². The highest BCUT2D eigenvalue weighted by Crippen LogP contribution is 2.32. The minimum absolute atomic E-state index is 0. The third kappa shape index (κ3) is 9.88. The second-order valence-corrected chi connectivity index (χ2v) is 8.70. The summed E-state index contributed by atoms with van der Waals surface area (Å²) in [7, 11) is 5.34. The average Bonchev–Trinajstić information content (AvgIpc) is 2.90. The molecule has 0 fully saturated rings. The van der Waals surface area contributed by atoms with Crippen LogP contribution in [-0.4, -0.2) is 63.2 Å². The predicted molar refractivity (Wildman–Crippen MR) is 155 cm³/mol. The third-order valence-corrected chi connectivity index (χ3v) is 6.53. The third-order valence-electron chi connectivity index (χ3n) is 5.82. The molecule has 0 unspecified atom stereocenters. The van der Waals surface area contributed by atoms with Gasteiger partial charge in [0.05, 0.1) is 20.6 Å². The van der Waals surface area contributed by atoms with Crippen molar-refractivity contribution in [3.05, 3.63) is 57.1 Å². The highest BCUT2D eigenvalue weighted by molar-refractivity contribution is 6.36. The SMILES string of the molecule is COc1cc2c(cc1OC)CC(=O)N(CCCN(C)CCc1c(Cl)cccc1Cl)CC2.Cl.Cl.Cl.Cl. The number of methoxy groups -OCH3 is 2. The number of fused-ring (bicyclic) bond motifs is 1. The molecule has 2 aromatic carbocycles. The van der Waals surface area contributed by atoms with Crippen LogP contribution in [0.25, 0.3) is 0 Å². The van der Waals surface area contributed by atoms with E-state index in [0.29, 0.717) is 28.0 Å². The maximum atomic E-state index is 12.8. The molecular formula is C24H34Cl6N2O3. The fourth-order valence-corrected chi connectivity index (χ4v) is 4.56. The zero-order valence-electron chi connectivity index (χ0n) is 20.1. The number of carbonyl (C=O) groups is 1. The Hall–Kier alpha value is -0.790. The number of nitrogens with zero attached hydrogens (tertiary/aromatic N) is 2. The van der Waals surface area contributed by atoms with Crippen LogP contribution in [-0.2, 0) is 24.1 Å². The van der Waals surface area contributed by atoms with Crippen molar-refractivity contribution in [2.24, 2.45) is 0 Å². The maximum Gasteiger partial charge on any atom is 0.227 e. The lowest BCUT2D eigenvalue weighted by molar-refractivity contribution is -0.130. The number of likely N-dealkylation sites (N-methyl/N-ethyl adjacent to an activating group) is 1. The number of hydrogen-bond acceptors (Lipinski definition) is 4. The first-order chi connectivity index (χ1) is 14.9. The molecule has 5 nitrogen and oxygen atoms in total. The van der Waals surface area contributed by atoms with Crippen LogP contribution in [0.15, 0.2) is 30.3 Å². The second kappa shape index (κ2) is 17.6. The van der Waals surface area contributed by atoms with Crippen molar-refractivity contribution >= 4 is 78.7 Å². The van der Waals surface area contributed by atoms with Crippen LogP contribution in [0.4, 0.5) is 0 Å². The Kier molecular flexibility index (Phi) is 18.3. The molecule has 200 valence electrons. The molecule has 0 radical (unpaired) electrons. The lowest BCUT2D eigenvalue weighted by atomic mass is 10.0. The molecule has 1 heterocycles. The van der Waals surface area contributed by atoms with E-state index >= 15 is 0 Å². The number of halogens is 6. The van der Waals surface area contributed by atoms with Gasteiger partial charge in [-0.1, -0.05) is 29.3 Å². The molecule has 3 rings (SSSR count). The van der Waals surface area contributed by atoms with E-state index in [4.69, 9.17) is 32.7 Å². The van der Waals surface area contributed by atoms with E-state index in [1.165, 1.54) is 0 Å². The van der Waals surface area contributed by atoms with Gasteiger partial charge in [0.15, 0.2) is 11.5 Å². The van der Waals surface area contributed by atoms with Crippen LogP contribution < -0.4 is 9.47 Å². The summed E-state index contributed by atoms with van der Waals surface area (Å²) < 4.78 is 10.8. The van der Waals surface area contributed by atoms with E-state index in [2.05, 4.69) is 11.9 Å². The summed E-state index contributed by atoms with van der Waals surface area (Å²) in [6.07, 6.45) is 2.94. The van der Waals surface area contributed by atoms with Gasteiger partial charge < -0.3 is 19.3 Å². The van der Waals surface area contributed by atoms with Gasteiger partial charge in [0.25, 0.3) is 0 Å². The van der Waals surface area contributed by atoms with Crippen molar-refractivity contribution in [3.8, 4) is 11.5 Å². The molecule has 0 saturated heterocycles. The van der Waals surface area contributed by atoms with Crippen molar-refractivity contribution in [2.45, 2.75) is 25.7 Å². The second-order valence-electron chi connectivity index (χ2n) is 7.89. The van der Waals surface area contributed by atoms with Crippen LogP contribution in [0.2, 0.25) is 10.0 Å². The van der Waals surface area contributed by atoms with E-state index in [1.807, 2.05) is 35.2 Å².